The highest BCUT2D eigenvalue weighted by atomic mass is 127. The van der Waals surface area contributed by atoms with Crippen LogP contribution in [0.5, 0.6) is 5.75 Å². The minimum Gasteiger partial charge on any atom is -0.488 e. The molecule has 0 fully saturated rings. The average Bonchev–Trinajstić information content (AvgIpc) is 2.46. The lowest BCUT2D eigenvalue weighted by Gasteiger charge is -2.08. The minimum absolute atomic E-state index is 0.329. The van der Waals surface area contributed by atoms with Crippen molar-refractivity contribution < 1.29 is 14.3 Å². The summed E-state index contributed by atoms with van der Waals surface area (Å²) in [5, 5.41) is 0. The van der Waals surface area contributed by atoms with Crippen LogP contribution in [0, 0.1) is 3.57 Å². The highest BCUT2D eigenvalue weighted by Crippen LogP contribution is 2.20. The fourth-order valence-corrected chi connectivity index (χ4v) is 2.12. The summed E-state index contributed by atoms with van der Waals surface area (Å²) in [6.07, 6.45) is 0. The summed E-state index contributed by atoms with van der Waals surface area (Å²) in [5.41, 5.74) is 1.55. The molecule has 98 valence electrons. The Bertz CT molecular complexity index is 564. The van der Waals surface area contributed by atoms with E-state index in [1.54, 1.807) is 12.1 Å². The van der Waals surface area contributed by atoms with E-state index in [0.717, 1.165) is 14.9 Å². The van der Waals surface area contributed by atoms with Gasteiger partial charge < -0.3 is 9.47 Å². The van der Waals surface area contributed by atoms with E-state index >= 15 is 0 Å². The third kappa shape index (κ3) is 3.70. The van der Waals surface area contributed by atoms with Gasteiger partial charge in [-0.15, -0.1) is 0 Å². The quantitative estimate of drug-likeness (QED) is 0.611. The summed E-state index contributed by atoms with van der Waals surface area (Å²) in [4.78, 5) is 11.3. The lowest BCUT2D eigenvalue weighted by Crippen LogP contribution is -2.02. The molecular formula is C15H13IO3. The van der Waals surface area contributed by atoms with Gasteiger partial charge in [0.15, 0.2) is 0 Å². The van der Waals surface area contributed by atoms with Crippen molar-refractivity contribution >= 4 is 28.6 Å². The molecule has 0 saturated heterocycles. The molecule has 0 aromatic heterocycles. The molecule has 2 aromatic carbocycles. The maximum atomic E-state index is 11.3. The van der Waals surface area contributed by atoms with Crippen molar-refractivity contribution in [3.63, 3.8) is 0 Å². The molecule has 2 rings (SSSR count). The number of para-hydroxylation sites is 1. The molecule has 0 bridgehead atoms. The van der Waals surface area contributed by atoms with Crippen LogP contribution in [-0.4, -0.2) is 13.1 Å². The summed E-state index contributed by atoms with van der Waals surface area (Å²) >= 11 is 2.24. The van der Waals surface area contributed by atoms with Crippen molar-refractivity contribution in [3.8, 4) is 5.75 Å². The van der Waals surface area contributed by atoms with Crippen molar-refractivity contribution in [3.05, 3.63) is 63.2 Å². The molecule has 0 unspecified atom stereocenters. The maximum absolute atomic E-state index is 11.3. The first-order chi connectivity index (χ1) is 9.20. The smallest absolute Gasteiger partial charge is 0.337 e. The fraction of sp³-hybridized carbons (Fsp3) is 0.133. The maximum Gasteiger partial charge on any atom is 0.337 e. The standard InChI is InChI=1S/C15H13IO3/c1-18-15(17)12-8-6-11(7-9-12)10-19-14-5-3-2-4-13(14)16/h2-9H,10H2,1H3. The van der Waals surface area contributed by atoms with Crippen LogP contribution in [0.15, 0.2) is 48.5 Å². The van der Waals surface area contributed by atoms with Gasteiger partial charge in [-0.1, -0.05) is 24.3 Å². The van der Waals surface area contributed by atoms with Crippen molar-refractivity contribution in [1.82, 2.24) is 0 Å². The van der Waals surface area contributed by atoms with E-state index in [9.17, 15) is 4.79 Å². The van der Waals surface area contributed by atoms with E-state index in [4.69, 9.17) is 4.74 Å². The van der Waals surface area contributed by atoms with Crippen LogP contribution >= 0.6 is 22.6 Å². The molecule has 0 N–H and O–H groups in total. The average molecular weight is 368 g/mol. The van der Waals surface area contributed by atoms with Gasteiger partial charge in [0.1, 0.15) is 12.4 Å². The summed E-state index contributed by atoms with van der Waals surface area (Å²) in [6.45, 7) is 0.474. The Morgan fingerprint density at radius 2 is 1.79 bits per heavy atom. The molecule has 0 saturated carbocycles. The largest absolute Gasteiger partial charge is 0.488 e. The van der Waals surface area contributed by atoms with Crippen molar-refractivity contribution in [2.45, 2.75) is 6.61 Å². The molecule has 0 heterocycles. The van der Waals surface area contributed by atoms with Crippen LogP contribution in [0.25, 0.3) is 0 Å². The topological polar surface area (TPSA) is 35.5 Å². The lowest BCUT2D eigenvalue weighted by molar-refractivity contribution is 0.0600. The Balaban J connectivity index is 2.01. The van der Waals surface area contributed by atoms with Crippen molar-refractivity contribution in [1.29, 1.82) is 0 Å². The summed E-state index contributed by atoms with van der Waals surface area (Å²) in [7, 11) is 1.37. The molecule has 0 aliphatic rings. The van der Waals surface area contributed by atoms with E-state index in [1.807, 2.05) is 36.4 Å². The van der Waals surface area contributed by atoms with Gasteiger partial charge in [0.05, 0.1) is 16.2 Å². The molecule has 0 radical (unpaired) electrons. The highest BCUT2D eigenvalue weighted by molar-refractivity contribution is 14.1. The molecule has 0 aliphatic heterocycles. The SMILES string of the molecule is COC(=O)c1ccc(COc2ccccc2I)cc1. The molecule has 2 aromatic rings. The van der Waals surface area contributed by atoms with E-state index < -0.39 is 0 Å². The first kappa shape index (κ1) is 13.9. The van der Waals surface area contributed by atoms with Gasteiger partial charge in [0.2, 0.25) is 0 Å². The van der Waals surface area contributed by atoms with E-state index in [1.165, 1.54) is 7.11 Å². The number of ether oxygens (including phenoxy) is 2. The normalized spacial score (nSPS) is 10.0. The van der Waals surface area contributed by atoms with Gasteiger partial charge in [0.25, 0.3) is 0 Å². The van der Waals surface area contributed by atoms with Gasteiger partial charge in [0, 0.05) is 0 Å². The van der Waals surface area contributed by atoms with Gasteiger partial charge in [-0.05, 0) is 52.4 Å². The zero-order valence-electron chi connectivity index (χ0n) is 10.4. The summed E-state index contributed by atoms with van der Waals surface area (Å²) < 4.78 is 11.5. The zero-order valence-corrected chi connectivity index (χ0v) is 12.6. The predicted octanol–water partition coefficient (Wildman–Crippen LogP) is 3.66. The molecule has 0 aliphatic carbocycles. The van der Waals surface area contributed by atoms with Gasteiger partial charge in [-0.25, -0.2) is 4.79 Å². The molecule has 19 heavy (non-hydrogen) atoms. The second-order valence-corrected chi connectivity index (χ2v) is 5.07. The second-order valence-electron chi connectivity index (χ2n) is 3.91. The van der Waals surface area contributed by atoms with Crippen LogP contribution in [0.4, 0.5) is 0 Å². The number of halogens is 1. The molecule has 0 amide bonds. The Kier molecular flexibility index (Phi) is 4.79. The number of esters is 1. The molecule has 3 nitrogen and oxygen atoms in total. The van der Waals surface area contributed by atoms with E-state index in [2.05, 4.69) is 27.3 Å². The molecule has 4 heteroatoms. The van der Waals surface area contributed by atoms with E-state index in [-0.39, 0.29) is 5.97 Å². The van der Waals surface area contributed by atoms with Crippen LogP contribution in [0.2, 0.25) is 0 Å². The number of hydrogen-bond acceptors (Lipinski definition) is 3. The van der Waals surface area contributed by atoms with Crippen LogP contribution < -0.4 is 4.74 Å². The summed E-state index contributed by atoms with van der Waals surface area (Å²) in [5.74, 6) is 0.533. The van der Waals surface area contributed by atoms with Crippen LogP contribution in [0.1, 0.15) is 15.9 Å². The first-order valence-corrected chi connectivity index (χ1v) is 6.83. The Labute approximate surface area is 125 Å². The third-order valence-electron chi connectivity index (χ3n) is 2.61. The van der Waals surface area contributed by atoms with Crippen molar-refractivity contribution in [2.75, 3.05) is 7.11 Å². The second kappa shape index (κ2) is 6.56. The Hall–Kier alpha value is -1.56. The van der Waals surface area contributed by atoms with Crippen LogP contribution in [-0.2, 0) is 11.3 Å². The number of hydrogen-bond donors (Lipinski definition) is 0. The first-order valence-electron chi connectivity index (χ1n) is 5.75. The monoisotopic (exact) mass is 368 g/mol. The molecular weight excluding hydrogens is 355 g/mol. The third-order valence-corrected chi connectivity index (χ3v) is 3.50. The van der Waals surface area contributed by atoms with Crippen molar-refractivity contribution in [2.24, 2.45) is 0 Å². The summed E-state index contributed by atoms with van der Waals surface area (Å²) in [6, 6.07) is 15.0. The van der Waals surface area contributed by atoms with Crippen LogP contribution in [0.3, 0.4) is 0 Å². The Morgan fingerprint density at radius 1 is 1.11 bits per heavy atom. The number of rotatable bonds is 4. The number of benzene rings is 2. The number of carbonyl (C=O) groups excluding carboxylic acids is 1. The lowest BCUT2D eigenvalue weighted by atomic mass is 10.1. The predicted molar refractivity (Wildman–Crippen MR) is 81.3 cm³/mol. The van der Waals surface area contributed by atoms with Gasteiger partial charge in [-0.2, -0.15) is 0 Å². The fourth-order valence-electron chi connectivity index (χ4n) is 1.58. The zero-order chi connectivity index (χ0) is 13.7. The number of carbonyl (C=O) groups is 1. The Morgan fingerprint density at radius 3 is 2.42 bits per heavy atom. The highest BCUT2D eigenvalue weighted by Gasteiger charge is 2.05. The minimum atomic E-state index is -0.329. The van der Waals surface area contributed by atoms with Gasteiger partial charge >= 0.3 is 5.97 Å². The molecule has 0 atom stereocenters. The van der Waals surface area contributed by atoms with E-state index in [0.29, 0.717) is 12.2 Å². The number of methoxy groups -OCH3 is 1. The molecule has 0 spiro atoms. The van der Waals surface area contributed by atoms with Gasteiger partial charge in [-0.3, -0.25) is 0 Å².